The Bertz CT molecular complexity index is 1020. The van der Waals surface area contributed by atoms with E-state index in [0.29, 0.717) is 23.2 Å². The van der Waals surface area contributed by atoms with E-state index in [-0.39, 0.29) is 10.6 Å². The van der Waals surface area contributed by atoms with Gasteiger partial charge in [-0.3, -0.25) is 15.0 Å². The molecule has 1 aliphatic rings. The SMILES string of the molecule is O=[N+]([O-])c1cccc(CN2CCN(c3cc(Oc4ccc(Cl)cc4)ncn3)CC2)c1. The lowest BCUT2D eigenvalue weighted by molar-refractivity contribution is -0.384. The molecular formula is C21H20ClN5O3. The van der Waals surface area contributed by atoms with Crippen LogP contribution in [0, 0.1) is 10.1 Å². The normalized spacial score (nSPS) is 14.5. The lowest BCUT2D eigenvalue weighted by atomic mass is 10.1. The van der Waals surface area contributed by atoms with Crippen molar-refractivity contribution in [2.24, 2.45) is 0 Å². The fourth-order valence-electron chi connectivity index (χ4n) is 3.34. The van der Waals surface area contributed by atoms with Crippen molar-refractivity contribution in [3.05, 3.63) is 81.6 Å². The number of benzene rings is 2. The van der Waals surface area contributed by atoms with Crippen LogP contribution in [-0.4, -0.2) is 46.0 Å². The van der Waals surface area contributed by atoms with Crippen molar-refractivity contribution in [3.8, 4) is 11.6 Å². The first-order valence-corrected chi connectivity index (χ1v) is 9.91. The minimum atomic E-state index is -0.361. The third kappa shape index (κ3) is 5.03. The van der Waals surface area contributed by atoms with Crippen LogP contribution in [0.15, 0.2) is 60.9 Å². The number of nitrogens with zero attached hydrogens (tertiary/aromatic N) is 5. The standard InChI is InChI=1S/C21H20ClN5O3/c22-17-4-6-19(7-5-17)30-21-13-20(23-15-24-21)26-10-8-25(9-11-26)14-16-2-1-3-18(12-16)27(28)29/h1-7,12-13,15H,8-11,14H2. The molecule has 0 N–H and O–H groups in total. The van der Waals surface area contributed by atoms with Gasteiger partial charge in [-0.25, -0.2) is 9.97 Å². The average molecular weight is 426 g/mol. The highest BCUT2D eigenvalue weighted by atomic mass is 35.5. The first-order valence-electron chi connectivity index (χ1n) is 9.53. The second-order valence-electron chi connectivity index (χ2n) is 6.96. The predicted molar refractivity (Wildman–Crippen MR) is 114 cm³/mol. The van der Waals surface area contributed by atoms with Gasteiger partial charge in [-0.2, -0.15) is 0 Å². The number of piperazine rings is 1. The molecule has 154 valence electrons. The second kappa shape index (κ2) is 9.06. The molecule has 1 aromatic heterocycles. The van der Waals surface area contributed by atoms with E-state index in [2.05, 4.69) is 19.8 Å². The molecule has 1 saturated heterocycles. The molecule has 1 fully saturated rings. The van der Waals surface area contributed by atoms with Crippen LogP contribution >= 0.6 is 11.6 Å². The Morgan fingerprint density at radius 1 is 1.03 bits per heavy atom. The smallest absolute Gasteiger partial charge is 0.269 e. The highest BCUT2D eigenvalue weighted by Gasteiger charge is 2.19. The van der Waals surface area contributed by atoms with Crippen LogP contribution in [-0.2, 0) is 6.54 Å². The van der Waals surface area contributed by atoms with Gasteiger partial charge in [-0.15, -0.1) is 0 Å². The first kappa shape index (κ1) is 20.1. The van der Waals surface area contributed by atoms with E-state index in [1.165, 1.54) is 12.4 Å². The molecule has 0 saturated carbocycles. The highest BCUT2D eigenvalue weighted by molar-refractivity contribution is 6.30. The monoisotopic (exact) mass is 425 g/mol. The van der Waals surface area contributed by atoms with Gasteiger partial charge < -0.3 is 9.64 Å². The largest absolute Gasteiger partial charge is 0.439 e. The molecule has 0 spiro atoms. The topological polar surface area (TPSA) is 84.6 Å². The Morgan fingerprint density at radius 2 is 1.80 bits per heavy atom. The summed E-state index contributed by atoms with van der Waals surface area (Å²) in [6, 6.07) is 15.7. The van der Waals surface area contributed by atoms with Crippen LogP contribution in [0.4, 0.5) is 11.5 Å². The Balaban J connectivity index is 1.35. The number of hydrogen-bond donors (Lipinski definition) is 0. The molecule has 0 atom stereocenters. The first-order chi connectivity index (χ1) is 14.6. The number of non-ortho nitro benzene ring substituents is 1. The van der Waals surface area contributed by atoms with Gasteiger partial charge in [0.15, 0.2) is 0 Å². The zero-order chi connectivity index (χ0) is 20.9. The van der Waals surface area contributed by atoms with Crippen LogP contribution in [0.5, 0.6) is 11.6 Å². The van der Waals surface area contributed by atoms with Crippen molar-refractivity contribution in [3.63, 3.8) is 0 Å². The van der Waals surface area contributed by atoms with E-state index < -0.39 is 0 Å². The predicted octanol–water partition coefficient (Wildman–Crippen LogP) is 4.15. The summed E-state index contributed by atoms with van der Waals surface area (Å²) in [7, 11) is 0. The molecule has 0 unspecified atom stereocenters. The molecule has 0 aliphatic carbocycles. The lowest BCUT2D eigenvalue weighted by Gasteiger charge is -2.35. The van der Waals surface area contributed by atoms with E-state index in [0.717, 1.165) is 37.6 Å². The molecule has 0 radical (unpaired) electrons. The van der Waals surface area contributed by atoms with Crippen molar-refractivity contribution in [1.29, 1.82) is 0 Å². The molecule has 2 heterocycles. The quantitative estimate of drug-likeness (QED) is 0.433. The van der Waals surface area contributed by atoms with Crippen LogP contribution in [0.2, 0.25) is 5.02 Å². The summed E-state index contributed by atoms with van der Waals surface area (Å²) in [6.07, 6.45) is 1.50. The average Bonchev–Trinajstić information content (AvgIpc) is 2.76. The summed E-state index contributed by atoms with van der Waals surface area (Å²) in [4.78, 5) is 23.6. The highest BCUT2D eigenvalue weighted by Crippen LogP contribution is 2.24. The van der Waals surface area contributed by atoms with E-state index >= 15 is 0 Å². The number of rotatable bonds is 6. The Hall–Kier alpha value is -3.23. The number of nitro benzene ring substituents is 1. The van der Waals surface area contributed by atoms with Crippen LogP contribution in [0.1, 0.15) is 5.56 Å². The van der Waals surface area contributed by atoms with Gasteiger partial charge in [0, 0.05) is 55.9 Å². The maximum atomic E-state index is 11.0. The number of anilines is 1. The minimum absolute atomic E-state index is 0.125. The summed E-state index contributed by atoms with van der Waals surface area (Å²) in [5, 5.41) is 11.6. The van der Waals surface area contributed by atoms with Crippen LogP contribution in [0.25, 0.3) is 0 Å². The van der Waals surface area contributed by atoms with Gasteiger partial charge in [0.05, 0.1) is 4.92 Å². The number of aromatic nitrogens is 2. The Kier molecular flexibility index (Phi) is 6.06. The molecular weight excluding hydrogens is 406 g/mol. The maximum Gasteiger partial charge on any atom is 0.269 e. The van der Waals surface area contributed by atoms with Crippen molar-refractivity contribution in [1.82, 2.24) is 14.9 Å². The van der Waals surface area contributed by atoms with E-state index in [1.807, 2.05) is 12.1 Å². The van der Waals surface area contributed by atoms with Crippen molar-refractivity contribution >= 4 is 23.1 Å². The zero-order valence-corrected chi connectivity index (χ0v) is 16.9. The van der Waals surface area contributed by atoms with E-state index in [1.54, 1.807) is 36.4 Å². The molecule has 0 amide bonds. The van der Waals surface area contributed by atoms with Crippen molar-refractivity contribution in [2.45, 2.75) is 6.54 Å². The van der Waals surface area contributed by atoms with Gasteiger partial charge in [0.2, 0.25) is 5.88 Å². The Morgan fingerprint density at radius 3 is 2.53 bits per heavy atom. The zero-order valence-electron chi connectivity index (χ0n) is 16.1. The van der Waals surface area contributed by atoms with Gasteiger partial charge in [-0.1, -0.05) is 23.7 Å². The lowest BCUT2D eigenvalue weighted by Crippen LogP contribution is -2.46. The molecule has 9 heteroatoms. The van der Waals surface area contributed by atoms with Crippen LogP contribution < -0.4 is 9.64 Å². The molecule has 0 bridgehead atoms. The van der Waals surface area contributed by atoms with Crippen molar-refractivity contribution < 1.29 is 9.66 Å². The molecule has 30 heavy (non-hydrogen) atoms. The van der Waals surface area contributed by atoms with Crippen LogP contribution in [0.3, 0.4) is 0 Å². The minimum Gasteiger partial charge on any atom is -0.439 e. The summed E-state index contributed by atoms with van der Waals surface area (Å²) < 4.78 is 5.79. The number of ether oxygens (including phenoxy) is 1. The number of hydrogen-bond acceptors (Lipinski definition) is 7. The van der Waals surface area contributed by atoms with Crippen molar-refractivity contribution in [2.75, 3.05) is 31.1 Å². The molecule has 8 nitrogen and oxygen atoms in total. The molecule has 1 aliphatic heterocycles. The van der Waals surface area contributed by atoms with Gasteiger partial charge in [0.25, 0.3) is 5.69 Å². The van der Waals surface area contributed by atoms with Gasteiger partial charge in [0.1, 0.15) is 17.9 Å². The third-order valence-electron chi connectivity index (χ3n) is 4.89. The van der Waals surface area contributed by atoms with E-state index in [4.69, 9.17) is 16.3 Å². The fraction of sp³-hybridized carbons (Fsp3) is 0.238. The molecule has 4 rings (SSSR count). The molecule has 2 aromatic carbocycles. The summed E-state index contributed by atoms with van der Waals surface area (Å²) in [5.74, 6) is 1.94. The number of halogens is 1. The summed E-state index contributed by atoms with van der Waals surface area (Å²) in [5.41, 5.74) is 1.07. The fourth-order valence-corrected chi connectivity index (χ4v) is 3.47. The summed E-state index contributed by atoms with van der Waals surface area (Å²) >= 11 is 5.90. The van der Waals surface area contributed by atoms with Gasteiger partial charge >= 0.3 is 0 Å². The van der Waals surface area contributed by atoms with E-state index in [9.17, 15) is 10.1 Å². The number of nitro groups is 1. The molecule has 3 aromatic rings. The Labute approximate surface area is 178 Å². The third-order valence-corrected chi connectivity index (χ3v) is 5.14. The maximum absolute atomic E-state index is 11.0. The second-order valence-corrected chi connectivity index (χ2v) is 7.40. The van der Waals surface area contributed by atoms with Gasteiger partial charge in [-0.05, 0) is 29.8 Å². The summed E-state index contributed by atoms with van der Waals surface area (Å²) in [6.45, 7) is 3.95.